The van der Waals surface area contributed by atoms with Crippen LogP contribution in [-0.4, -0.2) is 31.6 Å². The molecule has 16 heavy (non-hydrogen) atoms. The van der Waals surface area contributed by atoms with E-state index in [1.807, 2.05) is 12.1 Å². The van der Waals surface area contributed by atoms with Crippen LogP contribution in [0.25, 0.3) is 0 Å². The Bertz CT molecular complexity index is 379. The maximum atomic E-state index is 10.3. The zero-order chi connectivity index (χ0) is 11.4. The van der Waals surface area contributed by atoms with Gasteiger partial charge < -0.3 is 10.1 Å². The molecule has 1 aliphatic heterocycles. The van der Waals surface area contributed by atoms with Gasteiger partial charge in [0.2, 0.25) is 6.41 Å². The van der Waals surface area contributed by atoms with Crippen molar-refractivity contribution in [3.05, 3.63) is 29.3 Å². The Morgan fingerprint density at radius 3 is 3.00 bits per heavy atom. The molecule has 1 aromatic rings. The Morgan fingerprint density at radius 1 is 1.44 bits per heavy atom. The third-order valence-electron chi connectivity index (χ3n) is 2.83. The summed E-state index contributed by atoms with van der Waals surface area (Å²) in [6, 6.07) is 6.05. The lowest BCUT2D eigenvalue weighted by atomic mass is 10.1. The molecule has 4 heteroatoms. The maximum Gasteiger partial charge on any atom is 0.211 e. The van der Waals surface area contributed by atoms with Crippen molar-refractivity contribution in [1.29, 1.82) is 0 Å². The predicted octanol–water partition coefficient (Wildman–Crippen LogP) is 1.22. The highest BCUT2D eigenvalue weighted by atomic mass is 16.5. The van der Waals surface area contributed by atoms with Crippen LogP contribution in [-0.2, 0) is 22.6 Å². The highest BCUT2D eigenvalue weighted by Gasteiger charge is 2.18. The van der Waals surface area contributed by atoms with Crippen molar-refractivity contribution in [1.82, 2.24) is 4.90 Å². The van der Waals surface area contributed by atoms with Gasteiger partial charge in [-0.05, 0) is 23.3 Å². The van der Waals surface area contributed by atoms with Crippen molar-refractivity contribution in [2.45, 2.75) is 13.1 Å². The standard InChI is InChI=1S/C12H16N2O2/c1-16-5-4-14-7-10-2-3-12(13-9-15)6-11(10)8-14/h2-3,6,9H,4-5,7-8H2,1H3,(H,13,15). The number of nitrogens with zero attached hydrogens (tertiary/aromatic N) is 1. The minimum Gasteiger partial charge on any atom is -0.383 e. The van der Waals surface area contributed by atoms with E-state index >= 15 is 0 Å². The zero-order valence-electron chi connectivity index (χ0n) is 9.40. The first kappa shape index (κ1) is 11.1. The van der Waals surface area contributed by atoms with E-state index < -0.39 is 0 Å². The molecule has 0 saturated carbocycles. The quantitative estimate of drug-likeness (QED) is 0.758. The fourth-order valence-electron chi connectivity index (χ4n) is 2.00. The van der Waals surface area contributed by atoms with Crippen LogP contribution < -0.4 is 5.32 Å². The summed E-state index contributed by atoms with van der Waals surface area (Å²) in [4.78, 5) is 12.7. The van der Waals surface area contributed by atoms with Gasteiger partial charge in [0.15, 0.2) is 0 Å². The minimum absolute atomic E-state index is 0.708. The molecule has 2 rings (SSSR count). The van der Waals surface area contributed by atoms with Gasteiger partial charge in [-0.1, -0.05) is 6.07 Å². The van der Waals surface area contributed by atoms with Crippen LogP contribution in [0.2, 0.25) is 0 Å². The van der Waals surface area contributed by atoms with Crippen molar-refractivity contribution < 1.29 is 9.53 Å². The van der Waals surface area contributed by atoms with Crippen LogP contribution in [0.3, 0.4) is 0 Å². The highest BCUT2D eigenvalue weighted by molar-refractivity contribution is 5.71. The molecule has 86 valence electrons. The molecule has 0 aliphatic carbocycles. The molecule has 1 aliphatic rings. The van der Waals surface area contributed by atoms with E-state index in [1.54, 1.807) is 7.11 Å². The van der Waals surface area contributed by atoms with Crippen molar-refractivity contribution in [2.24, 2.45) is 0 Å². The number of hydrogen-bond donors (Lipinski definition) is 1. The van der Waals surface area contributed by atoms with Crippen molar-refractivity contribution in [3.8, 4) is 0 Å². The van der Waals surface area contributed by atoms with Crippen LogP contribution >= 0.6 is 0 Å². The molecule has 1 amide bonds. The Hall–Kier alpha value is -1.39. The Balaban J connectivity index is 2.03. The predicted molar refractivity (Wildman–Crippen MR) is 62.1 cm³/mol. The Labute approximate surface area is 95.2 Å². The third-order valence-corrected chi connectivity index (χ3v) is 2.83. The van der Waals surface area contributed by atoms with Gasteiger partial charge in [-0.25, -0.2) is 0 Å². The Kier molecular flexibility index (Phi) is 3.54. The van der Waals surface area contributed by atoms with Crippen LogP contribution in [0.15, 0.2) is 18.2 Å². The second-order valence-corrected chi connectivity index (χ2v) is 3.95. The number of hydrogen-bond acceptors (Lipinski definition) is 3. The summed E-state index contributed by atoms with van der Waals surface area (Å²) in [5.41, 5.74) is 3.50. The molecule has 1 heterocycles. The molecule has 0 bridgehead atoms. The zero-order valence-corrected chi connectivity index (χ0v) is 9.40. The summed E-state index contributed by atoms with van der Waals surface area (Å²) in [6.07, 6.45) is 0.708. The van der Waals surface area contributed by atoms with E-state index in [9.17, 15) is 4.79 Å². The molecule has 4 nitrogen and oxygen atoms in total. The molecular formula is C12H16N2O2. The SMILES string of the molecule is COCCN1Cc2ccc(NC=O)cc2C1. The fourth-order valence-corrected chi connectivity index (χ4v) is 2.00. The summed E-state index contributed by atoms with van der Waals surface area (Å²) in [5.74, 6) is 0. The van der Waals surface area contributed by atoms with Crippen LogP contribution in [0, 0.1) is 0 Å². The van der Waals surface area contributed by atoms with Gasteiger partial charge >= 0.3 is 0 Å². The molecule has 1 N–H and O–H groups in total. The summed E-state index contributed by atoms with van der Waals surface area (Å²) in [5, 5.41) is 2.67. The molecule has 0 aromatic heterocycles. The van der Waals surface area contributed by atoms with Gasteiger partial charge in [0, 0.05) is 32.4 Å². The molecule has 0 atom stereocenters. The Morgan fingerprint density at radius 2 is 2.25 bits per heavy atom. The van der Waals surface area contributed by atoms with Crippen LogP contribution in [0.4, 0.5) is 5.69 Å². The second-order valence-electron chi connectivity index (χ2n) is 3.95. The maximum absolute atomic E-state index is 10.3. The molecule has 1 aromatic carbocycles. The van der Waals surface area contributed by atoms with E-state index in [-0.39, 0.29) is 0 Å². The van der Waals surface area contributed by atoms with Gasteiger partial charge in [0.25, 0.3) is 0 Å². The lowest BCUT2D eigenvalue weighted by Gasteiger charge is -2.13. The average molecular weight is 220 g/mol. The third kappa shape index (κ3) is 2.40. The van der Waals surface area contributed by atoms with Gasteiger partial charge in [0.1, 0.15) is 0 Å². The van der Waals surface area contributed by atoms with E-state index in [1.165, 1.54) is 11.1 Å². The van der Waals surface area contributed by atoms with Crippen molar-refractivity contribution in [2.75, 3.05) is 25.6 Å². The monoisotopic (exact) mass is 220 g/mol. The molecule has 0 fully saturated rings. The molecular weight excluding hydrogens is 204 g/mol. The molecule has 0 unspecified atom stereocenters. The lowest BCUT2D eigenvalue weighted by Crippen LogP contribution is -2.21. The average Bonchev–Trinajstić information content (AvgIpc) is 2.68. The minimum atomic E-state index is 0.708. The number of benzene rings is 1. The summed E-state index contributed by atoms with van der Waals surface area (Å²) in [6.45, 7) is 3.61. The molecule has 0 spiro atoms. The highest BCUT2D eigenvalue weighted by Crippen LogP contribution is 2.25. The van der Waals surface area contributed by atoms with Crippen LogP contribution in [0.5, 0.6) is 0 Å². The number of anilines is 1. The lowest BCUT2D eigenvalue weighted by molar-refractivity contribution is -0.105. The number of amides is 1. The first-order valence-corrected chi connectivity index (χ1v) is 5.37. The van der Waals surface area contributed by atoms with Gasteiger partial charge in [-0.15, -0.1) is 0 Å². The second kappa shape index (κ2) is 5.09. The van der Waals surface area contributed by atoms with Crippen molar-refractivity contribution >= 4 is 12.1 Å². The smallest absolute Gasteiger partial charge is 0.211 e. The van der Waals surface area contributed by atoms with Crippen LogP contribution in [0.1, 0.15) is 11.1 Å². The fraction of sp³-hybridized carbons (Fsp3) is 0.417. The number of ether oxygens (including phenoxy) is 1. The normalized spacial score (nSPS) is 14.8. The van der Waals surface area contributed by atoms with Gasteiger partial charge in [-0.2, -0.15) is 0 Å². The van der Waals surface area contributed by atoms with E-state index in [2.05, 4.69) is 16.3 Å². The number of rotatable bonds is 5. The van der Waals surface area contributed by atoms with E-state index in [0.29, 0.717) is 6.41 Å². The summed E-state index contributed by atoms with van der Waals surface area (Å²) in [7, 11) is 1.72. The van der Waals surface area contributed by atoms with E-state index in [4.69, 9.17) is 4.74 Å². The van der Waals surface area contributed by atoms with E-state index in [0.717, 1.165) is 31.9 Å². The summed E-state index contributed by atoms with van der Waals surface area (Å²) >= 11 is 0. The first-order chi connectivity index (χ1) is 7.83. The molecule has 0 saturated heterocycles. The topological polar surface area (TPSA) is 41.6 Å². The van der Waals surface area contributed by atoms with Crippen molar-refractivity contribution in [3.63, 3.8) is 0 Å². The number of nitrogens with one attached hydrogen (secondary N) is 1. The number of fused-ring (bicyclic) bond motifs is 1. The van der Waals surface area contributed by atoms with Gasteiger partial charge in [-0.3, -0.25) is 9.69 Å². The number of methoxy groups -OCH3 is 1. The largest absolute Gasteiger partial charge is 0.383 e. The first-order valence-electron chi connectivity index (χ1n) is 5.37. The number of carbonyl (C=O) groups excluding carboxylic acids is 1. The summed E-state index contributed by atoms with van der Waals surface area (Å²) < 4.78 is 5.06. The van der Waals surface area contributed by atoms with Gasteiger partial charge in [0.05, 0.1) is 6.61 Å². The number of carbonyl (C=O) groups is 1. The molecule has 0 radical (unpaired) electrons.